The van der Waals surface area contributed by atoms with Gasteiger partial charge in [0.05, 0.1) is 23.7 Å². The summed E-state index contributed by atoms with van der Waals surface area (Å²) in [5, 5.41) is 3.42. The molecule has 0 aliphatic rings. The van der Waals surface area contributed by atoms with Gasteiger partial charge in [-0.15, -0.1) is 11.3 Å². The summed E-state index contributed by atoms with van der Waals surface area (Å²) in [5.74, 6) is 0.468. The zero-order chi connectivity index (χ0) is 20.3. The lowest BCUT2D eigenvalue weighted by Gasteiger charge is -2.20. The molecule has 1 N–H and O–H groups in total. The Morgan fingerprint density at radius 3 is 2.57 bits per heavy atom. The Morgan fingerprint density at radius 1 is 1.11 bits per heavy atom. The molecule has 0 saturated carbocycles. The number of nitrogens with one attached hydrogen (secondary N) is 1. The number of hydrogen-bond donors (Lipinski definition) is 1. The van der Waals surface area contributed by atoms with E-state index in [2.05, 4.69) is 10.3 Å². The molecule has 7 nitrogen and oxygen atoms in total. The van der Waals surface area contributed by atoms with E-state index in [1.165, 1.54) is 18.4 Å². The predicted molar refractivity (Wildman–Crippen MR) is 107 cm³/mol. The molecule has 3 aromatic rings. The summed E-state index contributed by atoms with van der Waals surface area (Å²) in [6.07, 6.45) is 2.63. The number of nitrogens with zero attached hydrogens (tertiary/aromatic N) is 1. The number of ether oxygens (including phenoxy) is 3. The number of amides is 1. The summed E-state index contributed by atoms with van der Waals surface area (Å²) in [4.78, 5) is 28.5. The first-order chi connectivity index (χ1) is 13.3. The van der Waals surface area contributed by atoms with E-state index >= 15 is 0 Å². The number of aromatic nitrogens is 1. The molecule has 1 amide bonds. The van der Waals surface area contributed by atoms with E-state index in [0.29, 0.717) is 22.1 Å². The van der Waals surface area contributed by atoms with Crippen LogP contribution >= 0.6 is 11.3 Å². The molecule has 28 heavy (non-hydrogen) atoms. The van der Waals surface area contributed by atoms with Gasteiger partial charge in [0.25, 0.3) is 0 Å². The van der Waals surface area contributed by atoms with Crippen LogP contribution in [-0.2, 0) is 9.47 Å². The lowest BCUT2D eigenvalue weighted by Crippen LogP contribution is -2.27. The van der Waals surface area contributed by atoms with Crippen molar-refractivity contribution < 1.29 is 23.8 Å². The largest absolute Gasteiger partial charge is 0.465 e. The second kappa shape index (κ2) is 7.85. The van der Waals surface area contributed by atoms with Crippen molar-refractivity contribution in [3.63, 3.8) is 0 Å². The maximum Gasteiger partial charge on any atom is 0.412 e. The Hall–Kier alpha value is -3.13. The third-order valence-electron chi connectivity index (χ3n) is 3.54. The lowest BCUT2D eigenvalue weighted by atomic mass is 10.2. The van der Waals surface area contributed by atoms with E-state index in [9.17, 15) is 9.59 Å². The van der Waals surface area contributed by atoms with Gasteiger partial charge in [0.2, 0.25) is 0 Å². The number of fused-ring (bicyclic) bond motifs is 1. The molecule has 1 aromatic carbocycles. The number of esters is 1. The normalized spacial score (nSPS) is 11.1. The molecule has 0 unspecified atom stereocenters. The molecule has 0 atom stereocenters. The van der Waals surface area contributed by atoms with Gasteiger partial charge in [0, 0.05) is 11.6 Å². The van der Waals surface area contributed by atoms with Crippen LogP contribution < -0.4 is 10.1 Å². The monoisotopic (exact) mass is 400 g/mol. The van der Waals surface area contributed by atoms with Crippen LogP contribution in [0.3, 0.4) is 0 Å². The summed E-state index contributed by atoms with van der Waals surface area (Å²) >= 11 is 1.27. The zero-order valence-electron chi connectivity index (χ0n) is 15.9. The number of thiophene rings is 1. The maximum atomic E-state index is 12.1. The third-order valence-corrected chi connectivity index (χ3v) is 4.59. The molecule has 0 saturated heterocycles. The van der Waals surface area contributed by atoms with Gasteiger partial charge in [0.1, 0.15) is 10.5 Å². The maximum absolute atomic E-state index is 12.1. The summed E-state index contributed by atoms with van der Waals surface area (Å²) in [6, 6.07) is 8.70. The van der Waals surface area contributed by atoms with Crippen molar-refractivity contribution in [2.45, 2.75) is 26.4 Å². The van der Waals surface area contributed by atoms with Crippen molar-refractivity contribution in [2.24, 2.45) is 0 Å². The Labute approximate surface area is 166 Å². The van der Waals surface area contributed by atoms with E-state index in [0.717, 1.165) is 10.1 Å². The molecule has 2 aromatic heterocycles. The number of pyridine rings is 1. The molecule has 2 heterocycles. The van der Waals surface area contributed by atoms with Crippen LogP contribution in [0.5, 0.6) is 11.5 Å². The van der Waals surface area contributed by atoms with Crippen LogP contribution in [0.1, 0.15) is 30.4 Å². The zero-order valence-corrected chi connectivity index (χ0v) is 16.8. The summed E-state index contributed by atoms with van der Waals surface area (Å²) < 4.78 is 16.9. The van der Waals surface area contributed by atoms with Gasteiger partial charge in [-0.05, 0) is 39.0 Å². The average molecular weight is 400 g/mol. The fourth-order valence-corrected chi connectivity index (χ4v) is 3.37. The van der Waals surface area contributed by atoms with Gasteiger partial charge in [0.15, 0.2) is 11.5 Å². The second-order valence-corrected chi connectivity index (χ2v) is 7.96. The number of carbonyl (C=O) groups excluding carboxylic acids is 2. The van der Waals surface area contributed by atoms with Crippen molar-refractivity contribution in [3.8, 4) is 11.5 Å². The topological polar surface area (TPSA) is 86.8 Å². The molecular formula is C20H20N2O5S. The molecule has 0 fully saturated rings. The van der Waals surface area contributed by atoms with E-state index in [1.54, 1.807) is 63.5 Å². The predicted octanol–water partition coefficient (Wildman–Crippen LogP) is 5.22. The number of methoxy groups -OCH3 is 1. The highest BCUT2D eigenvalue weighted by atomic mass is 32.1. The first kappa shape index (κ1) is 19.6. The van der Waals surface area contributed by atoms with Gasteiger partial charge >= 0.3 is 12.1 Å². The van der Waals surface area contributed by atoms with Crippen LogP contribution in [0.4, 0.5) is 10.5 Å². The Bertz CT molecular complexity index is 1020. The number of anilines is 1. The van der Waals surface area contributed by atoms with Gasteiger partial charge in [-0.25, -0.2) is 9.59 Å². The highest BCUT2D eigenvalue weighted by Gasteiger charge is 2.19. The van der Waals surface area contributed by atoms with Gasteiger partial charge < -0.3 is 14.2 Å². The Balaban J connectivity index is 1.89. The Morgan fingerprint density at radius 2 is 1.86 bits per heavy atom. The first-order valence-corrected chi connectivity index (χ1v) is 9.31. The highest BCUT2D eigenvalue weighted by Crippen LogP contribution is 2.37. The van der Waals surface area contributed by atoms with Crippen LogP contribution in [0.15, 0.2) is 42.7 Å². The van der Waals surface area contributed by atoms with Crippen LogP contribution in [0.25, 0.3) is 10.1 Å². The summed E-state index contributed by atoms with van der Waals surface area (Å²) in [6.45, 7) is 5.37. The fraction of sp³-hybridized carbons (Fsp3) is 0.250. The summed E-state index contributed by atoms with van der Waals surface area (Å²) in [7, 11) is 1.33. The molecule has 146 valence electrons. The number of hydrogen-bond acceptors (Lipinski definition) is 7. The van der Waals surface area contributed by atoms with Crippen molar-refractivity contribution in [1.82, 2.24) is 4.98 Å². The van der Waals surface area contributed by atoms with Crippen molar-refractivity contribution in [1.29, 1.82) is 0 Å². The van der Waals surface area contributed by atoms with Crippen molar-refractivity contribution in [3.05, 3.63) is 47.6 Å². The second-order valence-electron chi connectivity index (χ2n) is 6.88. The van der Waals surface area contributed by atoms with Gasteiger partial charge in [-0.3, -0.25) is 10.3 Å². The molecular weight excluding hydrogens is 380 g/mol. The van der Waals surface area contributed by atoms with Gasteiger partial charge in [-0.2, -0.15) is 0 Å². The molecule has 0 bridgehead atoms. The number of rotatable bonds is 4. The molecule has 0 aliphatic heterocycles. The van der Waals surface area contributed by atoms with Crippen molar-refractivity contribution in [2.75, 3.05) is 12.4 Å². The standard InChI is InChI=1S/C20H20N2O5S/c1-20(2,3)27-19(24)22-13-7-5-6-8-14(13)26-15-10-21-11-17-12(15)9-16(28-17)18(23)25-4/h5-11H,1-4H3,(H,22,24). The van der Waals surface area contributed by atoms with Crippen molar-refractivity contribution >= 4 is 39.2 Å². The quantitative estimate of drug-likeness (QED) is 0.604. The van der Waals surface area contributed by atoms with Crippen LogP contribution in [-0.4, -0.2) is 29.8 Å². The lowest BCUT2D eigenvalue weighted by molar-refractivity contribution is 0.0603. The number of carbonyl (C=O) groups is 2. The minimum Gasteiger partial charge on any atom is -0.465 e. The molecule has 0 radical (unpaired) electrons. The molecule has 0 spiro atoms. The van der Waals surface area contributed by atoms with E-state index in [1.807, 2.05) is 0 Å². The fourth-order valence-electron chi connectivity index (χ4n) is 2.41. The van der Waals surface area contributed by atoms with E-state index < -0.39 is 17.7 Å². The third kappa shape index (κ3) is 4.58. The molecule has 0 aliphatic carbocycles. The Kier molecular flexibility index (Phi) is 5.51. The number of benzene rings is 1. The van der Waals surface area contributed by atoms with Crippen LogP contribution in [0, 0.1) is 0 Å². The van der Waals surface area contributed by atoms with Gasteiger partial charge in [-0.1, -0.05) is 12.1 Å². The number of para-hydroxylation sites is 2. The molecule has 8 heteroatoms. The van der Waals surface area contributed by atoms with Crippen LogP contribution in [0.2, 0.25) is 0 Å². The highest BCUT2D eigenvalue weighted by molar-refractivity contribution is 7.20. The minimum absolute atomic E-state index is 0.417. The van der Waals surface area contributed by atoms with E-state index in [4.69, 9.17) is 14.2 Å². The first-order valence-electron chi connectivity index (χ1n) is 8.49. The molecule has 3 rings (SSSR count). The summed E-state index contributed by atoms with van der Waals surface area (Å²) in [5.41, 5.74) is -0.159. The van der Waals surface area contributed by atoms with E-state index in [-0.39, 0.29) is 0 Å². The average Bonchev–Trinajstić information content (AvgIpc) is 3.06. The minimum atomic E-state index is -0.615. The smallest absolute Gasteiger partial charge is 0.412 e. The SMILES string of the molecule is COC(=O)c1cc2c(Oc3ccccc3NC(=O)OC(C)(C)C)cncc2s1.